The highest BCUT2D eigenvalue weighted by atomic mass is 16.5. The molecule has 148 valence electrons. The number of rotatable bonds is 11. The number of ether oxygens (including phenoxy) is 2. The van der Waals surface area contributed by atoms with Crippen molar-refractivity contribution in [1.29, 1.82) is 0 Å². The van der Waals surface area contributed by atoms with E-state index in [0.29, 0.717) is 26.2 Å². The lowest BCUT2D eigenvalue weighted by Gasteiger charge is -2.24. The van der Waals surface area contributed by atoms with Crippen molar-refractivity contribution in [1.82, 2.24) is 4.90 Å². The molecule has 3 rings (SSSR count). The zero-order valence-electron chi connectivity index (χ0n) is 16.2. The van der Waals surface area contributed by atoms with Gasteiger partial charge in [0.1, 0.15) is 11.5 Å². The fourth-order valence-electron chi connectivity index (χ4n) is 3.07. The lowest BCUT2D eigenvalue weighted by molar-refractivity contribution is 0.00613. The molecular weight excluding hydrogens is 354 g/mol. The van der Waals surface area contributed by atoms with Crippen LogP contribution in [0.15, 0.2) is 77.4 Å². The van der Waals surface area contributed by atoms with Crippen molar-refractivity contribution in [3.05, 3.63) is 89.9 Å². The van der Waals surface area contributed by atoms with Crippen LogP contribution in [0.2, 0.25) is 0 Å². The maximum atomic E-state index is 10.5. The minimum Gasteiger partial charge on any atom is -0.497 e. The van der Waals surface area contributed by atoms with Crippen molar-refractivity contribution in [2.24, 2.45) is 0 Å². The van der Waals surface area contributed by atoms with Crippen LogP contribution in [0.25, 0.3) is 0 Å². The molecule has 0 unspecified atom stereocenters. The van der Waals surface area contributed by atoms with Gasteiger partial charge in [0.05, 0.1) is 39.2 Å². The first kappa shape index (κ1) is 20.1. The predicted molar refractivity (Wildman–Crippen MR) is 108 cm³/mol. The summed E-state index contributed by atoms with van der Waals surface area (Å²) in [7, 11) is 1.66. The van der Waals surface area contributed by atoms with Gasteiger partial charge in [-0.2, -0.15) is 0 Å². The van der Waals surface area contributed by atoms with E-state index in [2.05, 4.69) is 11.0 Å². The van der Waals surface area contributed by atoms with Crippen LogP contribution in [0.3, 0.4) is 0 Å². The molecule has 0 aliphatic carbocycles. The SMILES string of the molecule is COc1cccc(CN(Cc2ccco2)C[C@@H](O)COCc2ccccc2)c1. The van der Waals surface area contributed by atoms with Crippen molar-refractivity contribution in [3.63, 3.8) is 0 Å². The quantitative estimate of drug-likeness (QED) is 0.546. The highest BCUT2D eigenvalue weighted by molar-refractivity contribution is 5.28. The van der Waals surface area contributed by atoms with E-state index < -0.39 is 6.10 Å². The molecule has 3 aromatic rings. The first-order valence-electron chi connectivity index (χ1n) is 9.40. The lowest BCUT2D eigenvalue weighted by atomic mass is 10.2. The van der Waals surface area contributed by atoms with Crippen molar-refractivity contribution in [2.45, 2.75) is 25.8 Å². The summed E-state index contributed by atoms with van der Waals surface area (Å²) in [5, 5.41) is 10.5. The fourth-order valence-corrected chi connectivity index (χ4v) is 3.07. The summed E-state index contributed by atoms with van der Waals surface area (Å²) in [6.45, 7) is 2.54. The molecule has 1 heterocycles. The van der Waals surface area contributed by atoms with Crippen LogP contribution in [0, 0.1) is 0 Å². The minimum atomic E-state index is -0.593. The van der Waals surface area contributed by atoms with Crippen LogP contribution >= 0.6 is 0 Å². The van der Waals surface area contributed by atoms with E-state index in [1.807, 2.05) is 60.7 Å². The molecular formula is C23H27NO4. The summed E-state index contributed by atoms with van der Waals surface area (Å²) < 4.78 is 16.5. The second kappa shape index (κ2) is 10.7. The summed E-state index contributed by atoms with van der Waals surface area (Å²) in [4.78, 5) is 2.14. The average molecular weight is 381 g/mol. The van der Waals surface area contributed by atoms with Crippen molar-refractivity contribution >= 4 is 0 Å². The van der Waals surface area contributed by atoms with Gasteiger partial charge in [0.25, 0.3) is 0 Å². The molecule has 0 amide bonds. The minimum absolute atomic E-state index is 0.279. The molecule has 5 heteroatoms. The van der Waals surface area contributed by atoms with Crippen molar-refractivity contribution < 1.29 is 19.0 Å². The van der Waals surface area contributed by atoms with Gasteiger partial charge in [-0.05, 0) is 35.4 Å². The second-order valence-corrected chi connectivity index (χ2v) is 6.76. The molecule has 0 saturated heterocycles. The normalized spacial score (nSPS) is 12.2. The average Bonchev–Trinajstić information content (AvgIpc) is 3.22. The molecule has 1 N–H and O–H groups in total. The Hall–Kier alpha value is -2.60. The molecule has 0 saturated carbocycles. The third-order valence-electron chi connectivity index (χ3n) is 4.39. The van der Waals surface area contributed by atoms with Gasteiger partial charge >= 0.3 is 0 Å². The molecule has 0 spiro atoms. The Morgan fingerprint density at radius 2 is 1.79 bits per heavy atom. The van der Waals surface area contributed by atoms with Gasteiger partial charge in [0.15, 0.2) is 0 Å². The van der Waals surface area contributed by atoms with Gasteiger partial charge in [-0.25, -0.2) is 0 Å². The number of furan rings is 1. The standard InChI is InChI=1S/C23H27NO4/c1-26-22-10-5-9-20(13-22)14-24(16-23-11-6-12-28-23)15-21(25)18-27-17-19-7-3-2-4-8-19/h2-13,21,25H,14-18H2,1H3/t21-/m1/s1. The summed E-state index contributed by atoms with van der Waals surface area (Å²) in [5.74, 6) is 1.68. The summed E-state index contributed by atoms with van der Waals surface area (Å²) in [6.07, 6.45) is 1.07. The maximum Gasteiger partial charge on any atom is 0.119 e. The first-order valence-corrected chi connectivity index (χ1v) is 9.40. The van der Waals surface area contributed by atoms with Crippen molar-refractivity contribution in [2.75, 3.05) is 20.3 Å². The molecule has 0 bridgehead atoms. The molecule has 0 radical (unpaired) electrons. The van der Waals surface area contributed by atoms with Crippen LogP contribution in [0.5, 0.6) is 5.75 Å². The van der Waals surface area contributed by atoms with E-state index in [1.165, 1.54) is 0 Å². The number of methoxy groups -OCH3 is 1. The molecule has 28 heavy (non-hydrogen) atoms. The fraction of sp³-hybridized carbons (Fsp3) is 0.304. The van der Waals surface area contributed by atoms with E-state index in [0.717, 1.165) is 22.6 Å². The zero-order chi connectivity index (χ0) is 19.6. The van der Waals surface area contributed by atoms with Crippen molar-refractivity contribution in [3.8, 4) is 5.75 Å². The van der Waals surface area contributed by atoms with Gasteiger partial charge in [0.2, 0.25) is 0 Å². The van der Waals surface area contributed by atoms with Crippen LogP contribution < -0.4 is 4.74 Å². The Bertz CT molecular complexity index is 804. The second-order valence-electron chi connectivity index (χ2n) is 6.76. The molecule has 0 aliphatic rings. The van der Waals surface area contributed by atoms with Gasteiger partial charge in [-0.15, -0.1) is 0 Å². The maximum absolute atomic E-state index is 10.5. The van der Waals surface area contributed by atoms with Gasteiger partial charge < -0.3 is 19.0 Å². The Balaban J connectivity index is 1.56. The van der Waals surface area contributed by atoms with Crippen LogP contribution in [-0.2, 0) is 24.4 Å². The van der Waals surface area contributed by atoms with Gasteiger partial charge in [-0.3, -0.25) is 4.90 Å². The van der Waals surface area contributed by atoms with Gasteiger partial charge in [0, 0.05) is 13.1 Å². The van der Waals surface area contributed by atoms with E-state index in [9.17, 15) is 5.11 Å². The molecule has 0 fully saturated rings. The zero-order valence-corrected chi connectivity index (χ0v) is 16.2. The van der Waals surface area contributed by atoms with Gasteiger partial charge in [-0.1, -0.05) is 42.5 Å². The number of aliphatic hydroxyl groups is 1. The number of benzene rings is 2. The summed E-state index contributed by atoms with van der Waals surface area (Å²) in [6, 6.07) is 21.7. The Morgan fingerprint density at radius 1 is 0.964 bits per heavy atom. The Morgan fingerprint density at radius 3 is 2.54 bits per heavy atom. The molecule has 1 atom stereocenters. The predicted octanol–water partition coefficient (Wildman–Crippen LogP) is 3.87. The monoisotopic (exact) mass is 381 g/mol. The summed E-state index contributed by atoms with van der Waals surface area (Å²) >= 11 is 0. The first-order chi connectivity index (χ1) is 13.7. The van der Waals surface area contributed by atoms with E-state index >= 15 is 0 Å². The molecule has 0 aliphatic heterocycles. The van der Waals surface area contributed by atoms with Crippen LogP contribution in [0.4, 0.5) is 0 Å². The topological polar surface area (TPSA) is 55.1 Å². The molecule has 2 aromatic carbocycles. The number of hydrogen-bond acceptors (Lipinski definition) is 5. The summed E-state index contributed by atoms with van der Waals surface area (Å²) in [5.41, 5.74) is 2.21. The molecule has 1 aromatic heterocycles. The third kappa shape index (κ3) is 6.53. The smallest absolute Gasteiger partial charge is 0.119 e. The highest BCUT2D eigenvalue weighted by Gasteiger charge is 2.15. The Labute approximate surface area is 166 Å². The third-order valence-corrected chi connectivity index (χ3v) is 4.39. The van der Waals surface area contributed by atoms with E-state index in [-0.39, 0.29) is 6.61 Å². The lowest BCUT2D eigenvalue weighted by Crippen LogP contribution is -2.34. The molecule has 5 nitrogen and oxygen atoms in total. The largest absolute Gasteiger partial charge is 0.497 e. The number of hydrogen-bond donors (Lipinski definition) is 1. The number of aliphatic hydroxyl groups excluding tert-OH is 1. The van der Waals surface area contributed by atoms with Crippen LogP contribution in [0.1, 0.15) is 16.9 Å². The van der Waals surface area contributed by atoms with Crippen LogP contribution in [-0.4, -0.2) is 36.4 Å². The number of nitrogens with zero attached hydrogens (tertiary/aromatic N) is 1. The van der Waals surface area contributed by atoms with E-state index in [1.54, 1.807) is 13.4 Å². The van der Waals surface area contributed by atoms with E-state index in [4.69, 9.17) is 13.9 Å². The highest BCUT2D eigenvalue weighted by Crippen LogP contribution is 2.16. The Kier molecular flexibility index (Phi) is 7.67.